The lowest BCUT2D eigenvalue weighted by molar-refractivity contribution is 0.256. The summed E-state index contributed by atoms with van der Waals surface area (Å²) >= 11 is 13.0. The van der Waals surface area contributed by atoms with Crippen molar-refractivity contribution in [2.75, 3.05) is 0 Å². The zero-order chi connectivity index (χ0) is 14.5. The highest BCUT2D eigenvalue weighted by Gasteiger charge is 2.72. The summed E-state index contributed by atoms with van der Waals surface area (Å²) in [6, 6.07) is 0. The SMILES string of the molecule is C/C1=C\CCC2(C)C(CC(C)(C)/C=C\C1O)C2(Cl)Cl. The maximum Gasteiger partial charge on any atom is 0.127 e. The Hall–Kier alpha value is 0.0200. The van der Waals surface area contributed by atoms with Gasteiger partial charge in [-0.15, -0.1) is 23.2 Å². The van der Waals surface area contributed by atoms with Gasteiger partial charge in [-0.3, -0.25) is 0 Å². The quantitative estimate of drug-likeness (QED) is 0.500. The molecule has 0 bridgehead atoms. The Balaban J connectivity index is 2.28. The Kier molecular flexibility index (Phi) is 3.88. The van der Waals surface area contributed by atoms with Crippen LogP contribution in [0.25, 0.3) is 0 Å². The maximum absolute atomic E-state index is 10.1. The molecule has 0 radical (unpaired) electrons. The van der Waals surface area contributed by atoms with E-state index in [0.29, 0.717) is 5.92 Å². The van der Waals surface area contributed by atoms with Crippen molar-refractivity contribution in [1.29, 1.82) is 0 Å². The Morgan fingerprint density at radius 3 is 2.53 bits per heavy atom. The lowest BCUT2D eigenvalue weighted by atomic mass is 9.83. The molecule has 0 heterocycles. The molecule has 0 spiro atoms. The van der Waals surface area contributed by atoms with E-state index in [1.807, 2.05) is 13.0 Å². The first kappa shape index (κ1) is 15.4. The van der Waals surface area contributed by atoms with Crippen LogP contribution in [-0.2, 0) is 0 Å². The summed E-state index contributed by atoms with van der Waals surface area (Å²) in [7, 11) is 0. The zero-order valence-electron chi connectivity index (χ0n) is 12.2. The lowest BCUT2D eigenvalue weighted by Crippen LogP contribution is -2.13. The first-order chi connectivity index (χ1) is 8.60. The number of alkyl halides is 2. The minimum atomic E-state index is -0.600. The molecule has 19 heavy (non-hydrogen) atoms. The van der Waals surface area contributed by atoms with Gasteiger partial charge in [0.2, 0.25) is 0 Å². The molecule has 1 nitrogen and oxygen atoms in total. The van der Waals surface area contributed by atoms with Gasteiger partial charge in [0.05, 0.1) is 6.10 Å². The standard InChI is InChI=1S/C16H24Cl2O/c1-11-6-5-8-15(4)13(16(15,17)18)10-14(2,3)9-7-12(11)19/h6-7,9,12-13,19H,5,8,10H2,1-4H3/b9-7-,11-6+. The van der Waals surface area contributed by atoms with Gasteiger partial charge in [-0.25, -0.2) is 0 Å². The lowest BCUT2D eigenvalue weighted by Gasteiger charge is -2.21. The molecule has 1 fully saturated rings. The van der Waals surface area contributed by atoms with Crippen molar-refractivity contribution in [2.24, 2.45) is 16.7 Å². The van der Waals surface area contributed by atoms with Crippen molar-refractivity contribution in [2.45, 2.75) is 57.4 Å². The summed E-state index contributed by atoms with van der Waals surface area (Å²) in [5, 5.41) is 10.1. The summed E-state index contributed by atoms with van der Waals surface area (Å²) in [6.07, 6.45) is 8.48. The third-order valence-corrected chi connectivity index (χ3v) is 6.33. The number of halogens is 2. The number of hydrogen-bond donors (Lipinski definition) is 1. The molecule has 1 saturated carbocycles. The van der Waals surface area contributed by atoms with Crippen LogP contribution in [0.15, 0.2) is 23.8 Å². The maximum atomic E-state index is 10.1. The smallest absolute Gasteiger partial charge is 0.127 e. The highest BCUT2D eigenvalue weighted by molar-refractivity contribution is 6.51. The van der Waals surface area contributed by atoms with E-state index < -0.39 is 10.4 Å². The zero-order valence-corrected chi connectivity index (χ0v) is 13.7. The molecule has 3 heteroatoms. The largest absolute Gasteiger partial charge is 0.385 e. The number of hydrogen-bond acceptors (Lipinski definition) is 1. The van der Waals surface area contributed by atoms with E-state index in [1.54, 1.807) is 0 Å². The number of aliphatic hydroxyl groups excluding tert-OH is 1. The molecular weight excluding hydrogens is 279 g/mol. The van der Waals surface area contributed by atoms with Gasteiger partial charge in [0, 0.05) is 11.3 Å². The Morgan fingerprint density at radius 2 is 1.89 bits per heavy atom. The van der Waals surface area contributed by atoms with Crippen molar-refractivity contribution in [1.82, 2.24) is 0 Å². The molecule has 1 N–H and O–H groups in total. The number of aliphatic hydroxyl groups is 1. The molecule has 0 amide bonds. The normalized spacial score (nSPS) is 45.3. The van der Waals surface area contributed by atoms with Gasteiger partial charge in [-0.05, 0) is 37.2 Å². The number of allylic oxidation sites excluding steroid dienone is 2. The average Bonchev–Trinajstić information content (AvgIpc) is 2.70. The first-order valence-corrected chi connectivity index (χ1v) is 7.78. The fourth-order valence-electron chi connectivity index (χ4n) is 3.19. The van der Waals surface area contributed by atoms with Crippen LogP contribution in [0.4, 0.5) is 0 Å². The summed E-state index contributed by atoms with van der Waals surface area (Å²) < 4.78 is -0.600. The Labute approximate surface area is 126 Å². The van der Waals surface area contributed by atoms with Gasteiger partial charge in [-0.2, -0.15) is 0 Å². The second-order valence-corrected chi connectivity index (χ2v) is 8.46. The van der Waals surface area contributed by atoms with E-state index in [0.717, 1.165) is 24.8 Å². The first-order valence-electron chi connectivity index (χ1n) is 7.02. The Morgan fingerprint density at radius 1 is 1.26 bits per heavy atom. The third-order valence-electron chi connectivity index (χ3n) is 4.94. The van der Waals surface area contributed by atoms with E-state index >= 15 is 0 Å². The van der Waals surface area contributed by atoms with Crippen LogP contribution in [0.2, 0.25) is 0 Å². The van der Waals surface area contributed by atoms with Crippen molar-refractivity contribution in [3.05, 3.63) is 23.8 Å². The summed E-state index contributed by atoms with van der Waals surface area (Å²) in [5.41, 5.74) is 1.00. The Bertz CT molecular complexity index is 422. The van der Waals surface area contributed by atoms with Crippen molar-refractivity contribution >= 4 is 23.2 Å². The number of rotatable bonds is 0. The summed E-state index contributed by atoms with van der Waals surface area (Å²) in [4.78, 5) is 0. The minimum absolute atomic E-state index is 0.00303. The van der Waals surface area contributed by atoms with E-state index in [4.69, 9.17) is 23.2 Å². The topological polar surface area (TPSA) is 20.2 Å². The van der Waals surface area contributed by atoms with Crippen LogP contribution < -0.4 is 0 Å². The predicted molar refractivity (Wildman–Crippen MR) is 82.6 cm³/mol. The molecule has 2 rings (SSSR count). The molecule has 0 aliphatic heterocycles. The molecule has 0 aromatic rings. The van der Waals surface area contributed by atoms with Crippen molar-refractivity contribution in [3.8, 4) is 0 Å². The van der Waals surface area contributed by atoms with Crippen LogP contribution in [0, 0.1) is 16.7 Å². The second kappa shape index (κ2) is 4.79. The highest BCUT2D eigenvalue weighted by Crippen LogP contribution is 2.73. The van der Waals surface area contributed by atoms with E-state index in [-0.39, 0.29) is 10.8 Å². The van der Waals surface area contributed by atoms with Crippen molar-refractivity contribution < 1.29 is 5.11 Å². The molecule has 3 unspecified atom stereocenters. The summed E-state index contributed by atoms with van der Waals surface area (Å²) in [5.74, 6) is 0.326. The average molecular weight is 303 g/mol. The third kappa shape index (κ3) is 2.75. The van der Waals surface area contributed by atoms with Gasteiger partial charge in [0.15, 0.2) is 0 Å². The second-order valence-electron chi connectivity index (χ2n) is 7.08. The fourth-order valence-corrected chi connectivity index (χ4v) is 4.17. The van der Waals surface area contributed by atoms with Crippen LogP contribution in [-0.4, -0.2) is 15.5 Å². The van der Waals surface area contributed by atoms with Crippen LogP contribution in [0.3, 0.4) is 0 Å². The van der Waals surface area contributed by atoms with Gasteiger partial charge >= 0.3 is 0 Å². The van der Waals surface area contributed by atoms with Crippen LogP contribution in [0.5, 0.6) is 0 Å². The van der Waals surface area contributed by atoms with Gasteiger partial charge < -0.3 is 5.11 Å². The molecule has 2 aliphatic rings. The van der Waals surface area contributed by atoms with E-state index in [1.165, 1.54) is 0 Å². The van der Waals surface area contributed by atoms with Gasteiger partial charge in [0.1, 0.15) is 4.33 Å². The van der Waals surface area contributed by atoms with E-state index in [2.05, 4.69) is 32.9 Å². The molecule has 2 aliphatic carbocycles. The molecule has 0 aromatic heterocycles. The molecule has 3 atom stereocenters. The van der Waals surface area contributed by atoms with Gasteiger partial charge in [-0.1, -0.05) is 39.0 Å². The van der Waals surface area contributed by atoms with E-state index in [9.17, 15) is 5.11 Å². The van der Waals surface area contributed by atoms with Crippen LogP contribution in [0.1, 0.15) is 47.0 Å². The van der Waals surface area contributed by atoms with Crippen LogP contribution >= 0.6 is 23.2 Å². The predicted octanol–water partition coefficient (Wildman–Crippen LogP) is 4.87. The number of fused-ring (bicyclic) bond motifs is 1. The monoisotopic (exact) mass is 302 g/mol. The molecular formula is C16H24Cl2O. The minimum Gasteiger partial charge on any atom is -0.385 e. The molecule has 0 aromatic carbocycles. The highest BCUT2D eigenvalue weighted by atomic mass is 35.5. The van der Waals surface area contributed by atoms with Crippen molar-refractivity contribution in [3.63, 3.8) is 0 Å². The van der Waals surface area contributed by atoms with Gasteiger partial charge in [0.25, 0.3) is 0 Å². The fraction of sp³-hybridized carbons (Fsp3) is 0.750. The molecule has 108 valence electrons. The summed E-state index contributed by atoms with van der Waals surface area (Å²) in [6.45, 7) is 8.52. The molecule has 0 saturated heterocycles.